The predicted octanol–water partition coefficient (Wildman–Crippen LogP) is 3.39. The van der Waals surface area contributed by atoms with E-state index in [2.05, 4.69) is 21.0 Å². The zero-order valence-electron chi connectivity index (χ0n) is 23.2. The number of carboxylic acid groups (broad SMARTS) is 1. The summed E-state index contributed by atoms with van der Waals surface area (Å²) in [5, 5.41) is 12.6. The number of amides is 1. The van der Waals surface area contributed by atoms with Gasteiger partial charge < -0.3 is 20.7 Å². The molecule has 4 N–H and O–H groups in total. The molecule has 2 aliphatic rings. The summed E-state index contributed by atoms with van der Waals surface area (Å²) in [6.07, 6.45) is 4.78. The Hall–Kier alpha value is -3.43. The smallest absolute Gasteiger partial charge is 0.475 e. The van der Waals surface area contributed by atoms with Gasteiger partial charge in [0.05, 0.1) is 29.6 Å². The molecular weight excluding hydrogens is 577 g/mol. The molecule has 0 bridgehead atoms. The van der Waals surface area contributed by atoms with Crippen molar-refractivity contribution in [1.29, 1.82) is 0 Å². The van der Waals surface area contributed by atoms with Crippen molar-refractivity contribution in [3.05, 3.63) is 41.9 Å². The van der Waals surface area contributed by atoms with Crippen LogP contribution in [0, 0.1) is 0 Å². The van der Waals surface area contributed by atoms with Gasteiger partial charge in [-0.15, -0.1) is 0 Å². The number of fused-ring (bicyclic) bond motifs is 1. The third-order valence-electron chi connectivity index (χ3n) is 7.79. The number of nitrogens with one attached hydrogen (secondary N) is 1. The maximum Gasteiger partial charge on any atom is 0.490 e. The van der Waals surface area contributed by atoms with Crippen LogP contribution in [0.1, 0.15) is 54.4 Å². The van der Waals surface area contributed by atoms with E-state index in [9.17, 15) is 26.4 Å². The average Bonchev–Trinajstić information content (AvgIpc) is 3.72. The SMILES string of the molecule is CCS(=O)(=O)N1CCC(c2c[nH]c3c(C(N)=O)cc(-c4cnn(CCN5CCCC5)c4)cc23)CC1.O=C(O)C(F)(F)F. The lowest BCUT2D eigenvalue weighted by Crippen LogP contribution is -2.38. The van der Waals surface area contributed by atoms with Gasteiger partial charge in [0.15, 0.2) is 0 Å². The summed E-state index contributed by atoms with van der Waals surface area (Å²) >= 11 is 0. The van der Waals surface area contributed by atoms with Crippen LogP contribution in [0.4, 0.5) is 13.2 Å². The minimum atomic E-state index is -5.08. The Morgan fingerprint density at radius 1 is 1.10 bits per heavy atom. The number of carbonyl (C=O) groups is 2. The van der Waals surface area contributed by atoms with E-state index in [1.807, 2.05) is 29.3 Å². The number of aromatic nitrogens is 3. The van der Waals surface area contributed by atoms with Crippen LogP contribution in [0.5, 0.6) is 0 Å². The molecular formula is C27H35F3N6O5S. The molecule has 0 unspecified atom stereocenters. The molecule has 1 aromatic carbocycles. The van der Waals surface area contributed by atoms with Crippen LogP contribution in [0.15, 0.2) is 30.7 Å². The van der Waals surface area contributed by atoms with Crippen LogP contribution in [-0.2, 0) is 21.4 Å². The van der Waals surface area contributed by atoms with Gasteiger partial charge in [-0.1, -0.05) is 0 Å². The molecule has 42 heavy (non-hydrogen) atoms. The fourth-order valence-electron chi connectivity index (χ4n) is 5.46. The fraction of sp³-hybridized carbons (Fsp3) is 0.519. The first kappa shape index (κ1) is 31.5. The van der Waals surface area contributed by atoms with Gasteiger partial charge in [0.1, 0.15) is 0 Å². The van der Waals surface area contributed by atoms with E-state index in [1.165, 1.54) is 12.8 Å². The summed E-state index contributed by atoms with van der Waals surface area (Å²) in [7, 11) is -3.17. The van der Waals surface area contributed by atoms with Crippen molar-refractivity contribution in [2.75, 3.05) is 38.5 Å². The minimum absolute atomic E-state index is 0.127. The van der Waals surface area contributed by atoms with Crippen molar-refractivity contribution in [2.45, 2.75) is 51.2 Å². The van der Waals surface area contributed by atoms with Gasteiger partial charge in [0.2, 0.25) is 10.0 Å². The number of nitrogens with two attached hydrogens (primary N) is 1. The van der Waals surface area contributed by atoms with Crippen molar-refractivity contribution in [1.82, 2.24) is 24.0 Å². The molecule has 0 atom stereocenters. The Kier molecular flexibility index (Phi) is 9.63. The molecule has 5 rings (SSSR count). The number of carbonyl (C=O) groups excluding carboxylic acids is 1. The number of benzene rings is 1. The van der Waals surface area contributed by atoms with Gasteiger partial charge in [-0.3, -0.25) is 9.48 Å². The average molecular weight is 613 g/mol. The van der Waals surface area contributed by atoms with Gasteiger partial charge >= 0.3 is 12.1 Å². The largest absolute Gasteiger partial charge is 0.490 e. The Labute approximate surface area is 241 Å². The molecule has 4 heterocycles. The summed E-state index contributed by atoms with van der Waals surface area (Å²) < 4.78 is 59.8. The number of aromatic amines is 1. The van der Waals surface area contributed by atoms with Gasteiger partial charge in [0.25, 0.3) is 5.91 Å². The number of likely N-dealkylation sites (tertiary alicyclic amines) is 1. The number of piperidine rings is 1. The summed E-state index contributed by atoms with van der Waals surface area (Å²) in [6.45, 7) is 6.85. The van der Waals surface area contributed by atoms with Crippen molar-refractivity contribution in [2.24, 2.45) is 5.73 Å². The highest BCUT2D eigenvalue weighted by atomic mass is 32.2. The summed E-state index contributed by atoms with van der Waals surface area (Å²) in [5.41, 5.74) is 9.92. The third kappa shape index (κ3) is 7.31. The topological polar surface area (TPSA) is 155 Å². The van der Waals surface area contributed by atoms with Crippen molar-refractivity contribution >= 4 is 32.8 Å². The first-order valence-corrected chi connectivity index (χ1v) is 15.4. The molecule has 3 aromatic rings. The lowest BCUT2D eigenvalue weighted by atomic mass is 9.88. The van der Waals surface area contributed by atoms with Crippen molar-refractivity contribution < 1.29 is 36.3 Å². The molecule has 0 aliphatic carbocycles. The second-order valence-corrected chi connectivity index (χ2v) is 12.7. The molecule has 11 nitrogen and oxygen atoms in total. The first-order valence-electron chi connectivity index (χ1n) is 13.8. The summed E-state index contributed by atoms with van der Waals surface area (Å²) in [5.74, 6) is -2.89. The molecule has 15 heteroatoms. The highest BCUT2D eigenvalue weighted by molar-refractivity contribution is 7.89. The normalized spacial score (nSPS) is 17.3. The molecule has 0 spiro atoms. The number of primary amides is 1. The standard InChI is InChI=1S/C25H34N6O3S.C2HF3O2/c1-2-35(33,34)31-9-5-18(6-10-31)23-16-27-24-21(23)13-19(14-22(24)25(26)32)20-15-28-30(17-20)12-11-29-7-3-4-8-29;3-2(4,5)1(6)7/h13-18,27H,2-12H2,1H3,(H2,26,32);(H,6,7). The predicted molar refractivity (Wildman–Crippen MR) is 150 cm³/mol. The maximum atomic E-state index is 12.3. The van der Waals surface area contributed by atoms with Crippen molar-refractivity contribution in [3.63, 3.8) is 0 Å². The Bertz CT molecular complexity index is 1520. The number of nitrogens with zero attached hydrogens (tertiary/aromatic N) is 4. The molecule has 0 radical (unpaired) electrons. The number of carboxylic acids is 1. The second-order valence-electron chi connectivity index (χ2n) is 10.5. The van der Waals surface area contributed by atoms with E-state index in [4.69, 9.17) is 15.6 Å². The maximum absolute atomic E-state index is 12.3. The van der Waals surface area contributed by atoms with Gasteiger partial charge in [-0.2, -0.15) is 18.3 Å². The molecule has 1 amide bonds. The lowest BCUT2D eigenvalue weighted by Gasteiger charge is -2.31. The Balaban J connectivity index is 0.000000517. The third-order valence-corrected chi connectivity index (χ3v) is 9.67. The quantitative estimate of drug-likeness (QED) is 0.352. The molecule has 230 valence electrons. The van der Waals surface area contributed by atoms with E-state index < -0.39 is 28.1 Å². The van der Waals surface area contributed by atoms with Crippen LogP contribution < -0.4 is 5.73 Å². The van der Waals surface area contributed by atoms with E-state index in [0.717, 1.165) is 66.6 Å². The van der Waals surface area contributed by atoms with E-state index in [0.29, 0.717) is 18.7 Å². The van der Waals surface area contributed by atoms with Crippen LogP contribution in [-0.4, -0.2) is 94.0 Å². The molecule has 0 saturated carbocycles. The number of alkyl halides is 3. The lowest BCUT2D eigenvalue weighted by molar-refractivity contribution is -0.192. The number of sulfonamides is 1. The van der Waals surface area contributed by atoms with Gasteiger partial charge in [-0.05, 0) is 74.9 Å². The number of aliphatic carboxylic acids is 1. The Morgan fingerprint density at radius 3 is 2.31 bits per heavy atom. The first-order chi connectivity index (χ1) is 19.8. The summed E-state index contributed by atoms with van der Waals surface area (Å²) in [6, 6.07) is 3.94. The zero-order valence-corrected chi connectivity index (χ0v) is 24.0. The molecule has 2 fully saturated rings. The van der Waals surface area contributed by atoms with Crippen LogP contribution >= 0.6 is 0 Å². The minimum Gasteiger partial charge on any atom is -0.475 e. The summed E-state index contributed by atoms with van der Waals surface area (Å²) in [4.78, 5) is 26.9. The number of hydrogen-bond acceptors (Lipinski definition) is 6. The van der Waals surface area contributed by atoms with Gasteiger partial charge in [0, 0.05) is 43.0 Å². The highest BCUT2D eigenvalue weighted by Gasteiger charge is 2.38. The zero-order chi connectivity index (χ0) is 30.7. The van der Waals surface area contributed by atoms with Gasteiger partial charge in [-0.25, -0.2) is 17.5 Å². The monoisotopic (exact) mass is 612 g/mol. The Morgan fingerprint density at radius 2 is 1.74 bits per heavy atom. The number of rotatable bonds is 8. The van der Waals surface area contributed by atoms with Crippen molar-refractivity contribution in [3.8, 4) is 11.1 Å². The number of halogens is 3. The highest BCUT2D eigenvalue weighted by Crippen LogP contribution is 2.37. The fourth-order valence-corrected chi connectivity index (χ4v) is 6.60. The van der Waals surface area contributed by atoms with E-state index in [-0.39, 0.29) is 11.7 Å². The molecule has 2 aromatic heterocycles. The molecule has 2 aliphatic heterocycles. The van der Waals surface area contributed by atoms with E-state index in [1.54, 1.807) is 11.2 Å². The number of hydrogen-bond donors (Lipinski definition) is 3. The van der Waals surface area contributed by atoms with Crippen LogP contribution in [0.25, 0.3) is 22.0 Å². The number of H-pyrrole nitrogens is 1. The van der Waals surface area contributed by atoms with Crippen LogP contribution in [0.2, 0.25) is 0 Å². The van der Waals surface area contributed by atoms with E-state index >= 15 is 0 Å². The van der Waals surface area contributed by atoms with Crippen LogP contribution in [0.3, 0.4) is 0 Å². The molecule has 2 saturated heterocycles. The second kappa shape index (κ2) is 12.8.